The fourth-order valence-electron chi connectivity index (χ4n) is 3.68. The van der Waals surface area contributed by atoms with Crippen LogP contribution in [0, 0.1) is 0 Å². The maximum absolute atomic E-state index is 13.5. The molecule has 1 fully saturated rings. The number of aromatic nitrogens is 3. The van der Waals surface area contributed by atoms with Crippen molar-refractivity contribution < 1.29 is 22.8 Å². The largest absolute Gasteiger partial charge is 0.435 e. The van der Waals surface area contributed by atoms with Gasteiger partial charge in [-0.2, -0.15) is 18.3 Å². The SMILES string of the molecule is O=C(NC1CC1)c1cc2cc(Cl)ccc2c(Cl)c1NC(=O)c1cc(C(F)(F)F)nn1-c1ncccc1Cl. The minimum atomic E-state index is -4.85. The molecule has 1 saturated carbocycles. The Morgan fingerprint density at radius 3 is 2.46 bits per heavy atom. The molecule has 7 nitrogen and oxygen atoms in total. The molecule has 4 aromatic rings. The van der Waals surface area contributed by atoms with Gasteiger partial charge in [0.1, 0.15) is 5.69 Å². The van der Waals surface area contributed by atoms with Crippen LogP contribution in [0.3, 0.4) is 0 Å². The highest BCUT2D eigenvalue weighted by molar-refractivity contribution is 6.40. The van der Waals surface area contributed by atoms with Gasteiger partial charge in [-0.3, -0.25) is 9.59 Å². The number of halogens is 6. The van der Waals surface area contributed by atoms with Crippen molar-refractivity contribution in [2.75, 3.05) is 5.32 Å². The molecular formula is C24H15Cl3F3N5O2. The Bertz CT molecular complexity index is 1570. The Morgan fingerprint density at radius 2 is 1.78 bits per heavy atom. The molecule has 190 valence electrons. The number of rotatable bonds is 5. The molecule has 0 saturated heterocycles. The predicted octanol–water partition coefficient (Wildman–Crippen LogP) is 6.54. The predicted molar refractivity (Wildman–Crippen MR) is 134 cm³/mol. The number of nitrogens with zero attached hydrogens (tertiary/aromatic N) is 3. The third-order valence-electron chi connectivity index (χ3n) is 5.61. The molecule has 13 heteroatoms. The number of alkyl halides is 3. The molecule has 0 radical (unpaired) electrons. The van der Waals surface area contributed by atoms with Gasteiger partial charge in [0.2, 0.25) is 0 Å². The minimum Gasteiger partial charge on any atom is -0.349 e. The molecule has 0 spiro atoms. The molecule has 0 aliphatic heterocycles. The van der Waals surface area contributed by atoms with Gasteiger partial charge in [0, 0.05) is 28.7 Å². The summed E-state index contributed by atoms with van der Waals surface area (Å²) in [4.78, 5) is 30.4. The molecule has 2 aromatic carbocycles. The molecule has 2 heterocycles. The zero-order chi connectivity index (χ0) is 26.5. The van der Waals surface area contributed by atoms with Gasteiger partial charge in [0.15, 0.2) is 11.5 Å². The topological polar surface area (TPSA) is 88.9 Å². The van der Waals surface area contributed by atoms with E-state index < -0.39 is 29.4 Å². The van der Waals surface area contributed by atoms with Crippen molar-refractivity contribution in [1.29, 1.82) is 0 Å². The van der Waals surface area contributed by atoms with Crippen LogP contribution in [0.1, 0.15) is 39.4 Å². The maximum Gasteiger partial charge on any atom is 0.435 e. The molecule has 5 rings (SSSR count). The number of benzene rings is 2. The summed E-state index contributed by atoms with van der Waals surface area (Å²) in [6, 6.07) is 9.74. The first-order valence-electron chi connectivity index (χ1n) is 10.8. The van der Waals surface area contributed by atoms with Crippen molar-refractivity contribution in [1.82, 2.24) is 20.1 Å². The Balaban J connectivity index is 1.62. The van der Waals surface area contributed by atoms with E-state index in [2.05, 4.69) is 20.7 Å². The number of carbonyl (C=O) groups excluding carboxylic acids is 2. The smallest absolute Gasteiger partial charge is 0.349 e. The first kappa shape index (κ1) is 25.3. The number of pyridine rings is 1. The van der Waals surface area contributed by atoms with Crippen molar-refractivity contribution in [2.24, 2.45) is 0 Å². The van der Waals surface area contributed by atoms with Gasteiger partial charge in [0.25, 0.3) is 11.8 Å². The second kappa shape index (κ2) is 9.51. The summed E-state index contributed by atoms with van der Waals surface area (Å²) in [5.74, 6) is -1.70. The van der Waals surface area contributed by atoms with Gasteiger partial charge in [0.05, 0.1) is 21.3 Å². The van der Waals surface area contributed by atoms with Gasteiger partial charge in [-0.15, -0.1) is 0 Å². The summed E-state index contributed by atoms with van der Waals surface area (Å²) in [6.45, 7) is 0. The van der Waals surface area contributed by atoms with Crippen molar-refractivity contribution in [2.45, 2.75) is 25.1 Å². The van der Waals surface area contributed by atoms with Gasteiger partial charge in [-0.25, -0.2) is 9.67 Å². The van der Waals surface area contributed by atoms with E-state index in [1.807, 2.05) is 0 Å². The van der Waals surface area contributed by atoms with E-state index in [0.29, 0.717) is 26.5 Å². The van der Waals surface area contributed by atoms with Gasteiger partial charge in [-0.05, 0) is 48.6 Å². The fourth-order valence-corrected chi connectivity index (χ4v) is 4.38. The summed E-state index contributed by atoms with van der Waals surface area (Å²) in [6.07, 6.45) is -1.93. The maximum atomic E-state index is 13.5. The van der Waals surface area contributed by atoms with Crippen LogP contribution in [0.2, 0.25) is 15.1 Å². The van der Waals surface area contributed by atoms with Crippen LogP contribution in [-0.4, -0.2) is 32.6 Å². The average Bonchev–Trinajstić information content (AvgIpc) is 3.53. The van der Waals surface area contributed by atoms with Crippen molar-refractivity contribution in [3.63, 3.8) is 0 Å². The zero-order valence-electron chi connectivity index (χ0n) is 18.5. The van der Waals surface area contributed by atoms with Crippen LogP contribution in [0.5, 0.6) is 0 Å². The second-order valence-electron chi connectivity index (χ2n) is 8.31. The van der Waals surface area contributed by atoms with E-state index in [4.69, 9.17) is 34.8 Å². The molecule has 0 unspecified atom stereocenters. The second-order valence-corrected chi connectivity index (χ2v) is 9.54. The number of carbonyl (C=O) groups is 2. The summed E-state index contributed by atoms with van der Waals surface area (Å²) >= 11 is 18.8. The highest BCUT2D eigenvalue weighted by atomic mass is 35.5. The first-order chi connectivity index (χ1) is 17.5. The molecule has 2 N–H and O–H groups in total. The van der Waals surface area contributed by atoms with E-state index in [1.165, 1.54) is 24.4 Å². The third kappa shape index (κ3) is 5.09. The quantitative estimate of drug-likeness (QED) is 0.286. The van der Waals surface area contributed by atoms with Gasteiger partial charge < -0.3 is 10.6 Å². The summed E-state index contributed by atoms with van der Waals surface area (Å²) < 4.78 is 41.2. The lowest BCUT2D eigenvalue weighted by molar-refractivity contribution is -0.141. The minimum absolute atomic E-state index is 0.00745. The van der Waals surface area contributed by atoms with Crippen molar-refractivity contribution >= 4 is 63.1 Å². The molecule has 0 atom stereocenters. The molecule has 1 aliphatic rings. The van der Waals surface area contributed by atoms with Crippen LogP contribution in [0.4, 0.5) is 18.9 Å². The Labute approximate surface area is 222 Å². The number of nitrogens with one attached hydrogen (secondary N) is 2. The van der Waals surface area contributed by atoms with E-state index in [0.717, 1.165) is 12.8 Å². The number of anilines is 1. The van der Waals surface area contributed by atoms with Crippen molar-refractivity contribution in [3.8, 4) is 5.82 Å². The van der Waals surface area contributed by atoms with Gasteiger partial charge in [-0.1, -0.05) is 40.9 Å². The lowest BCUT2D eigenvalue weighted by atomic mass is 10.0. The third-order valence-corrected chi connectivity index (χ3v) is 6.53. The van der Waals surface area contributed by atoms with E-state index in [1.54, 1.807) is 18.2 Å². The molecule has 37 heavy (non-hydrogen) atoms. The Kier molecular flexibility index (Phi) is 6.51. The Hall–Kier alpha value is -3.34. The number of fused-ring (bicyclic) bond motifs is 1. The van der Waals surface area contributed by atoms with E-state index >= 15 is 0 Å². The molecule has 0 bridgehead atoms. The normalized spacial score (nSPS) is 13.6. The van der Waals surface area contributed by atoms with Crippen LogP contribution < -0.4 is 10.6 Å². The monoisotopic (exact) mass is 567 g/mol. The standard InChI is InChI=1S/C24H15Cl3F3N5O2/c25-12-3-6-14-11(8-12)9-15(22(36)32-13-4-5-13)20(19(14)27)33-23(37)17-10-18(24(28,29)30)34-35(17)21-16(26)2-1-7-31-21/h1-3,6-10,13H,4-5H2,(H,32,36)(H,33,37). The number of hydrogen-bond donors (Lipinski definition) is 2. The van der Waals surface area contributed by atoms with E-state index in [-0.39, 0.29) is 33.2 Å². The summed E-state index contributed by atoms with van der Waals surface area (Å²) in [5.41, 5.74) is -1.90. The highest BCUT2D eigenvalue weighted by Crippen LogP contribution is 2.37. The van der Waals surface area contributed by atoms with Gasteiger partial charge >= 0.3 is 6.18 Å². The zero-order valence-corrected chi connectivity index (χ0v) is 20.8. The number of hydrogen-bond acceptors (Lipinski definition) is 4. The summed E-state index contributed by atoms with van der Waals surface area (Å²) in [7, 11) is 0. The lowest BCUT2D eigenvalue weighted by Gasteiger charge is -2.16. The highest BCUT2D eigenvalue weighted by Gasteiger charge is 2.37. The van der Waals surface area contributed by atoms with Crippen LogP contribution >= 0.6 is 34.8 Å². The fraction of sp³-hybridized carbons (Fsp3) is 0.167. The van der Waals surface area contributed by atoms with Crippen LogP contribution in [0.15, 0.2) is 48.7 Å². The van der Waals surface area contributed by atoms with Crippen LogP contribution in [-0.2, 0) is 6.18 Å². The first-order valence-corrected chi connectivity index (χ1v) is 12.0. The van der Waals surface area contributed by atoms with Crippen LogP contribution in [0.25, 0.3) is 16.6 Å². The Morgan fingerprint density at radius 1 is 1.03 bits per heavy atom. The molecule has 2 aromatic heterocycles. The van der Waals surface area contributed by atoms with Crippen molar-refractivity contribution in [3.05, 3.63) is 80.7 Å². The van der Waals surface area contributed by atoms with E-state index in [9.17, 15) is 22.8 Å². The molecule has 1 aliphatic carbocycles. The average molecular weight is 569 g/mol. The summed E-state index contributed by atoms with van der Waals surface area (Å²) in [5, 5.41) is 10.3. The molecule has 2 amide bonds. The lowest BCUT2D eigenvalue weighted by Crippen LogP contribution is -2.27. The number of amides is 2. The molecular weight excluding hydrogens is 554 g/mol.